The van der Waals surface area contributed by atoms with Gasteiger partial charge in [0.1, 0.15) is 12.6 Å². The molecule has 1 aliphatic heterocycles. The summed E-state index contributed by atoms with van der Waals surface area (Å²) in [5.41, 5.74) is 0.944. The summed E-state index contributed by atoms with van der Waals surface area (Å²) in [4.78, 5) is 25.9. The molecule has 0 aromatic heterocycles. The third-order valence-corrected chi connectivity index (χ3v) is 4.21. The highest BCUT2D eigenvalue weighted by atomic mass is 16.6. The number of carbonyl (C=O) groups is 2. The summed E-state index contributed by atoms with van der Waals surface area (Å²) in [5.74, 6) is -0.262. The molecule has 0 N–H and O–H groups in total. The Bertz CT molecular complexity index is 500. The molecule has 120 valence electrons. The molecule has 1 heterocycles. The number of cyclic esters (lactones) is 1. The maximum atomic E-state index is 12.6. The molecule has 1 aromatic rings. The molecule has 4 heteroatoms. The molecule has 1 aromatic carbocycles. The second kappa shape index (κ2) is 7.97. The second-order valence-electron chi connectivity index (χ2n) is 5.96. The molecule has 1 aliphatic rings. The summed E-state index contributed by atoms with van der Waals surface area (Å²) in [6, 6.07) is 9.31. The molecule has 0 spiro atoms. The van der Waals surface area contributed by atoms with Crippen LogP contribution in [0.2, 0.25) is 0 Å². The van der Waals surface area contributed by atoms with Gasteiger partial charge in [-0.3, -0.25) is 4.79 Å². The van der Waals surface area contributed by atoms with E-state index in [9.17, 15) is 9.59 Å². The van der Waals surface area contributed by atoms with Crippen molar-refractivity contribution in [2.24, 2.45) is 5.92 Å². The Kier molecular flexibility index (Phi) is 5.99. The fraction of sp³-hybridized carbons (Fsp3) is 0.556. The molecule has 2 amide bonds. The lowest BCUT2D eigenvalue weighted by atomic mass is 9.99. The summed E-state index contributed by atoms with van der Waals surface area (Å²) in [6.45, 7) is 4.32. The van der Waals surface area contributed by atoms with Crippen molar-refractivity contribution in [3.8, 4) is 0 Å². The number of ether oxygens (including phenoxy) is 1. The van der Waals surface area contributed by atoms with E-state index in [1.165, 1.54) is 17.7 Å². The van der Waals surface area contributed by atoms with Crippen molar-refractivity contribution in [3.63, 3.8) is 0 Å². The number of unbranched alkanes of at least 4 members (excludes halogenated alkanes) is 3. The average molecular weight is 303 g/mol. The molecule has 22 heavy (non-hydrogen) atoms. The van der Waals surface area contributed by atoms with Crippen LogP contribution in [0, 0.1) is 5.92 Å². The fourth-order valence-corrected chi connectivity index (χ4v) is 2.82. The van der Waals surface area contributed by atoms with Gasteiger partial charge in [0.2, 0.25) is 5.91 Å². The van der Waals surface area contributed by atoms with Crippen LogP contribution in [0.15, 0.2) is 30.3 Å². The molecule has 0 aliphatic carbocycles. The molecule has 0 bridgehead atoms. The van der Waals surface area contributed by atoms with Crippen LogP contribution in [0.3, 0.4) is 0 Å². The van der Waals surface area contributed by atoms with Crippen LogP contribution in [-0.2, 0) is 9.53 Å². The van der Waals surface area contributed by atoms with Crippen molar-refractivity contribution in [2.75, 3.05) is 6.61 Å². The fourth-order valence-electron chi connectivity index (χ4n) is 2.82. The zero-order valence-corrected chi connectivity index (χ0v) is 13.5. The standard InChI is InChI=1S/C18H25NO3/c1-3-4-5-7-10-14(2)17(20)19-16(13-22-18(19)21)15-11-8-6-9-12-15/h6,8-9,11-12,14,16H,3-5,7,10,13H2,1-2H3/t14-,16-/m0/s1. The molecule has 2 atom stereocenters. The van der Waals surface area contributed by atoms with Crippen molar-refractivity contribution < 1.29 is 14.3 Å². The van der Waals surface area contributed by atoms with Crippen molar-refractivity contribution in [1.82, 2.24) is 4.90 Å². The normalized spacial score (nSPS) is 19.1. The van der Waals surface area contributed by atoms with Crippen LogP contribution in [0.1, 0.15) is 57.6 Å². The Morgan fingerprint density at radius 2 is 2.00 bits per heavy atom. The highest BCUT2D eigenvalue weighted by Crippen LogP contribution is 2.30. The molecule has 1 fully saturated rings. The van der Waals surface area contributed by atoms with E-state index in [4.69, 9.17) is 4.74 Å². The summed E-state index contributed by atoms with van der Waals surface area (Å²) < 4.78 is 5.11. The number of nitrogens with zero attached hydrogens (tertiary/aromatic N) is 1. The zero-order valence-electron chi connectivity index (χ0n) is 13.5. The van der Waals surface area contributed by atoms with Gasteiger partial charge in [0, 0.05) is 5.92 Å². The lowest BCUT2D eigenvalue weighted by molar-refractivity contribution is -0.133. The SMILES string of the molecule is CCCCCC[C@H](C)C(=O)N1C(=O)OC[C@H]1c1ccccc1. The second-order valence-corrected chi connectivity index (χ2v) is 5.96. The largest absolute Gasteiger partial charge is 0.446 e. The van der Waals surface area contributed by atoms with Gasteiger partial charge in [-0.05, 0) is 12.0 Å². The minimum Gasteiger partial charge on any atom is -0.446 e. The molecule has 0 unspecified atom stereocenters. The molecule has 0 saturated carbocycles. The minimum atomic E-state index is -0.515. The summed E-state index contributed by atoms with van der Waals surface area (Å²) in [5, 5.41) is 0. The first-order valence-corrected chi connectivity index (χ1v) is 8.20. The van der Waals surface area contributed by atoms with Gasteiger partial charge >= 0.3 is 6.09 Å². The number of amides is 2. The van der Waals surface area contributed by atoms with Crippen LogP contribution in [-0.4, -0.2) is 23.5 Å². The molecule has 0 radical (unpaired) electrons. The number of benzene rings is 1. The van der Waals surface area contributed by atoms with E-state index in [1.54, 1.807) is 0 Å². The predicted octanol–water partition coefficient (Wildman–Crippen LogP) is 4.31. The van der Waals surface area contributed by atoms with Gasteiger partial charge in [0.05, 0.1) is 0 Å². The summed E-state index contributed by atoms with van der Waals surface area (Å²) in [6.07, 6.45) is 4.85. The monoisotopic (exact) mass is 303 g/mol. The van der Waals surface area contributed by atoms with Gasteiger partial charge in [-0.15, -0.1) is 0 Å². The van der Waals surface area contributed by atoms with Gasteiger partial charge < -0.3 is 4.74 Å². The molecular formula is C18H25NO3. The smallest absolute Gasteiger partial charge is 0.417 e. The first-order chi connectivity index (χ1) is 10.6. The van der Waals surface area contributed by atoms with E-state index >= 15 is 0 Å². The van der Waals surface area contributed by atoms with E-state index in [0.717, 1.165) is 24.8 Å². The maximum absolute atomic E-state index is 12.6. The van der Waals surface area contributed by atoms with Gasteiger partial charge in [-0.2, -0.15) is 0 Å². The number of rotatable bonds is 7. The minimum absolute atomic E-state index is 0.118. The van der Waals surface area contributed by atoms with Crippen LogP contribution in [0.4, 0.5) is 4.79 Å². The van der Waals surface area contributed by atoms with Crippen molar-refractivity contribution in [3.05, 3.63) is 35.9 Å². The zero-order chi connectivity index (χ0) is 15.9. The summed E-state index contributed by atoms with van der Waals surface area (Å²) in [7, 11) is 0. The van der Waals surface area contributed by atoms with Crippen molar-refractivity contribution in [1.29, 1.82) is 0 Å². The first kappa shape index (κ1) is 16.5. The van der Waals surface area contributed by atoms with E-state index in [2.05, 4.69) is 6.92 Å². The predicted molar refractivity (Wildman–Crippen MR) is 85.3 cm³/mol. The Hall–Kier alpha value is -1.84. The third kappa shape index (κ3) is 3.87. The van der Waals surface area contributed by atoms with E-state index in [0.29, 0.717) is 0 Å². The Morgan fingerprint density at radius 3 is 2.68 bits per heavy atom. The van der Waals surface area contributed by atoms with Gasteiger partial charge in [0.15, 0.2) is 0 Å². The first-order valence-electron chi connectivity index (χ1n) is 8.20. The van der Waals surface area contributed by atoms with E-state index < -0.39 is 6.09 Å². The van der Waals surface area contributed by atoms with Crippen molar-refractivity contribution >= 4 is 12.0 Å². The van der Waals surface area contributed by atoms with Crippen LogP contribution < -0.4 is 0 Å². The topological polar surface area (TPSA) is 46.6 Å². The van der Waals surface area contributed by atoms with Crippen LogP contribution in [0.5, 0.6) is 0 Å². The highest BCUT2D eigenvalue weighted by Gasteiger charge is 2.40. The Morgan fingerprint density at radius 1 is 1.27 bits per heavy atom. The highest BCUT2D eigenvalue weighted by molar-refractivity contribution is 5.94. The number of imide groups is 1. The lowest BCUT2D eigenvalue weighted by Crippen LogP contribution is -2.37. The maximum Gasteiger partial charge on any atom is 0.417 e. The van der Waals surface area contributed by atoms with E-state index in [-0.39, 0.29) is 24.5 Å². The Balaban J connectivity index is 2.01. The van der Waals surface area contributed by atoms with E-state index in [1.807, 2.05) is 37.3 Å². The molecule has 4 nitrogen and oxygen atoms in total. The number of hydrogen-bond acceptors (Lipinski definition) is 3. The molecule has 1 saturated heterocycles. The van der Waals surface area contributed by atoms with Crippen molar-refractivity contribution in [2.45, 2.75) is 52.0 Å². The lowest BCUT2D eigenvalue weighted by Gasteiger charge is -2.23. The van der Waals surface area contributed by atoms with Crippen LogP contribution >= 0.6 is 0 Å². The van der Waals surface area contributed by atoms with Crippen LogP contribution in [0.25, 0.3) is 0 Å². The number of carbonyl (C=O) groups excluding carboxylic acids is 2. The Labute approximate surface area is 132 Å². The quantitative estimate of drug-likeness (QED) is 0.705. The van der Waals surface area contributed by atoms with Gasteiger partial charge in [-0.1, -0.05) is 69.9 Å². The third-order valence-electron chi connectivity index (χ3n) is 4.21. The van der Waals surface area contributed by atoms with Gasteiger partial charge in [0.25, 0.3) is 0 Å². The molecule has 2 rings (SSSR count). The average Bonchev–Trinajstić information content (AvgIpc) is 2.93. The summed E-state index contributed by atoms with van der Waals surface area (Å²) >= 11 is 0. The number of hydrogen-bond donors (Lipinski definition) is 0. The van der Waals surface area contributed by atoms with Gasteiger partial charge in [-0.25, -0.2) is 9.69 Å². The molecular weight excluding hydrogens is 278 g/mol.